The summed E-state index contributed by atoms with van der Waals surface area (Å²) in [6.45, 7) is 0. The lowest BCUT2D eigenvalue weighted by atomic mass is 9.85. The molecule has 3 heteroatoms. The van der Waals surface area contributed by atoms with Crippen LogP contribution in [0.4, 0.5) is 0 Å². The number of thioether (sulfide) groups is 1. The van der Waals surface area contributed by atoms with Gasteiger partial charge in [-0.1, -0.05) is 12.5 Å². The van der Waals surface area contributed by atoms with Crippen LogP contribution in [-0.4, -0.2) is 21.3 Å². The molecule has 2 aliphatic heterocycles. The Labute approximate surface area is 113 Å². The zero-order valence-corrected chi connectivity index (χ0v) is 11.4. The van der Waals surface area contributed by atoms with Crippen LogP contribution in [-0.2, 0) is 11.2 Å². The van der Waals surface area contributed by atoms with E-state index < -0.39 is 0 Å². The molecule has 1 aromatic heterocycles. The molecule has 0 aromatic carbocycles. The number of fused-ring (bicyclic) bond motifs is 2. The molecule has 0 saturated carbocycles. The van der Waals surface area contributed by atoms with Crippen molar-refractivity contribution in [1.82, 2.24) is 4.98 Å². The molecule has 2 fully saturated rings. The van der Waals surface area contributed by atoms with E-state index >= 15 is 0 Å². The number of aromatic nitrogens is 1. The van der Waals surface area contributed by atoms with Crippen molar-refractivity contribution >= 4 is 17.5 Å². The Balaban J connectivity index is 1.63. The largest absolute Gasteiger partial charge is 0.299 e. The number of rotatable bonds is 3. The molecule has 3 heterocycles. The van der Waals surface area contributed by atoms with Gasteiger partial charge in [0.15, 0.2) is 0 Å². The second kappa shape index (κ2) is 5.43. The second-order valence-corrected chi connectivity index (χ2v) is 7.05. The van der Waals surface area contributed by atoms with Gasteiger partial charge in [-0.3, -0.25) is 9.78 Å². The molecule has 2 aliphatic rings. The molecule has 18 heavy (non-hydrogen) atoms. The minimum absolute atomic E-state index is 0.295. The lowest BCUT2D eigenvalue weighted by Crippen LogP contribution is -2.33. The van der Waals surface area contributed by atoms with Crippen molar-refractivity contribution in [2.75, 3.05) is 0 Å². The van der Waals surface area contributed by atoms with Crippen LogP contribution in [0.25, 0.3) is 0 Å². The predicted octanol–water partition coefficient (Wildman–Crippen LogP) is 3.26. The summed E-state index contributed by atoms with van der Waals surface area (Å²) in [5.41, 5.74) is 0.922. The summed E-state index contributed by atoms with van der Waals surface area (Å²) in [5, 5.41) is 1.49. The SMILES string of the molecule is O=C(Cc1ccccn1)C1CC2CCCC(C1)S2. The first-order valence-corrected chi connectivity index (χ1v) is 7.83. The van der Waals surface area contributed by atoms with Gasteiger partial charge in [0.05, 0.1) is 0 Å². The first-order valence-electron chi connectivity index (χ1n) is 6.89. The fraction of sp³-hybridized carbons (Fsp3) is 0.600. The molecule has 0 N–H and O–H groups in total. The maximum absolute atomic E-state index is 12.3. The number of nitrogens with zero attached hydrogens (tertiary/aromatic N) is 1. The van der Waals surface area contributed by atoms with Crippen molar-refractivity contribution in [1.29, 1.82) is 0 Å². The normalized spacial score (nSPS) is 31.0. The summed E-state index contributed by atoms with van der Waals surface area (Å²) in [7, 11) is 0. The van der Waals surface area contributed by atoms with Crippen molar-refractivity contribution in [3.05, 3.63) is 30.1 Å². The maximum Gasteiger partial charge on any atom is 0.141 e. The minimum atomic E-state index is 0.295. The summed E-state index contributed by atoms with van der Waals surface area (Å²) in [4.78, 5) is 16.6. The fourth-order valence-corrected chi connectivity index (χ4v) is 4.98. The number of carbonyl (C=O) groups is 1. The molecule has 2 unspecified atom stereocenters. The van der Waals surface area contributed by atoms with Crippen LogP contribution in [0.15, 0.2) is 24.4 Å². The predicted molar refractivity (Wildman–Crippen MR) is 74.7 cm³/mol. The number of hydrogen-bond acceptors (Lipinski definition) is 3. The molecule has 2 nitrogen and oxygen atoms in total. The zero-order valence-electron chi connectivity index (χ0n) is 10.5. The highest BCUT2D eigenvalue weighted by Crippen LogP contribution is 2.44. The van der Waals surface area contributed by atoms with E-state index in [-0.39, 0.29) is 0 Å². The van der Waals surface area contributed by atoms with Gasteiger partial charge in [0.25, 0.3) is 0 Å². The van der Waals surface area contributed by atoms with Crippen LogP contribution in [0.1, 0.15) is 37.8 Å². The second-order valence-electron chi connectivity index (χ2n) is 5.44. The quantitative estimate of drug-likeness (QED) is 0.836. The number of carbonyl (C=O) groups excluding carboxylic acids is 1. The molecule has 1 aromatic rings. The Bertz CT molecular complexity index is 408. The summed E-state index contributed by atoms with van der Waals surface area (Å²) in [5.74, 6) is 0.703. The van der Waals surface area contributed by atoms with E-state index in [4.69, 9.17) is 0 Å². The summed E-state index contributed by atoms with van der Waals surface area (Å²) >= 11 is 2.13. The number of pyridine rings is 1. The van der Waals surface area contributed by atoms with Gasteiger partial charge in [0, 0.05) is 34.7 Å². The minimum Gasteiger partial charge on any atom is -0.299 e. The van der Waals surface area contributed by atoms with Crippen LogP contribution < -0.4 is 0 Å². The molecule has 0 radical (unpaired) electrons. The number of hydrogen-bond donors (Lipinski definition) is 0. The molecular weight excluding hydrogens is 242 g/mol. The fourth-order valence-electron chi connectivity index (χ4n) is 3.15. The van der Waals surface area contributed by atoms with E-state index in [1.165, 1.54) is 19.3 Å². The molecule has 0 aliphatic carbocycles. The van der Waals surface area contributed by atoms with Gasteiger partial charge in [0.1, 0.15) is 5.78 Å². The van der Waals surface area contributed by atoms with E-state index in [0.29, 0.717) is 18.1 Å². The molecule has 2 saturated heterocycles. The number of Topliss-reactive ketones (excluding diaryl/α,β-unsaturated/α-hetero) is 1. The Morgan fingerprint density at radius 1 is 1.28 bits per heavy atom. The first-order chi connectivity index (χ1) is 8.81. The lowest BCUT2D eigenvalue weighted by molar-refractivity contribution is -0.122. The Kier molecular flexibility index (Phi) is 3.69. The van der Waals surface area contributed by atoms with Gasteiger partial charge in [-0.25, -0.2) is 0 Å². The third-order valence-corrected chi connectivity index (χ3v) is 5.69. The van der Waals surface area contributed by atoms with Gasteiger partial charge in [-0.05, 0) is 37.8 Å². The van der Waals surface area contributed by atoms with Gasteiger partial charge in [0.2, 0.25) is 0 Å². The third-order valence-electron chi connectivity index (χ3n) is 4.07. The van der Waals surface area contributed by atoms with Crippen molar-refractivity contribution in [2.45, 2.75) is 49.0 Å². The molecule has 0 amide bonds. The molecule has 2 bridgehead atoms. The Morgan fingerprint density at radius 3 is 2.72 bits per heavy atom. The smallest absolute Gasteiger partial charge is 0.141 e. The number of ketones is 1. The molecule has 3 rings (SSSR count). The van der Waals surface area contributed by atoms with E-state index in [1.807, 2.05) is 18.2 Å². The van der Waals surface area contributed by atoms with E-state index in [0.717, 1.165) is 29.0 Å². The van der Waals surface area contributed by atoms with Crippen LogP contribution in [0.5, 0.6) is 0 Å². The van der Waals surface area contributed by atoms with Crippen molar-refractivity contribution in [3.63, 3.8) is 0 Å². The van der Waals surface area contributed by atoms with E-state index in [9.17, 15) is 4.79 Å². The molecular formula is C15H19NOS. The van der Waals surface area contributed by atoms with Crippen LogP contribution >= 0.6 is 11.8 Å². The summed E-state index contributed by atoms with van der Waals surface area (Å²) < 4.78 is 0. The first kappa shape index (κ1) is 12.2. The van der Waals surface area contributed by atoms with E-state index in [1.54, 1.807) is 6.20 Å². The van der Waals surface area contributed by atoms with Gasteiger partial charge >= 0.3 is 0 Å². The lowest BCUT2D eigenvalue weighted by Gasteiger charge is -2.37. The molecule has 0 spiro atoms. The molecule has 96 valence electrons. The Hall–Kier alpha value is -0.830. The highest BCUT2D eigenvalue weighted by Gasteiger charge is 2.35. The average Bonchev–Trinajstić information content (AvgIpc) is 2.39. The van der Waals surface area contributed by atoms with Crippen LogP contribution in [0.3, 0.4) is 0 Å². The van der Waals surface area contributed by atoms with Gasteiger partial charge < -0.3 is 0 Å². The Morgan fingerprint density at radius 2 is 2.06 bits per heavy atom. The van der Waals surface area contributed by atoms with Gasteiger partial charge in [-0.15, -0.1) is 0 Å². The third kappa shape index (κ3) is 2.77. The summed E-state index contributed by atoms with van der Waals surface area (Å²) in [6.07, 6.45) is 8.50. The topological polar surface area (TPSA) is 30.0 Å². The maximum atomic E-state index is 12.3. The summed E-state index contributed by atoms with van der Waals surface area (Å²) in [6, 6.07) is 5.81. The average molecular weight is 261 g/mol. The van der Waals surface area contributed by atoms with Crippen molar-refractivity contribution in [3.8, 4) is 0 Å². The van der Waals surface area contributed by atoms with Crippen molar-refractivity contribution in [2.24, 2.45) is 5.92 Å². The zero-order chi connectivity index (χ0) is 12.4. The van der Waals surface area contributed by atoms with Crippen molar-refractivity contribution < 1.29 is 4.79 Å². The highest BCUT2D eigenvalue weighted by molar-refractivity contribution is 8.00. The van der Waals surface area contributed by atoms with Gasteiger partial charge in [-0.2, -0.15) is 11.8 Å². The van der Waals surface area contributed by atoms with Crippen LogP contribution in [0, 0.1) is 5.92 Å². The monoisotopic (exact) mass is 261 g/mol. The molecule has 2 atom stereocenters. The van der Waals surface area contributed by atoms with Crippen LogP contribution in [0.2, 0.25) is 0 Å². The van der Waals surface area contributed by atoms with E-state index in [2.05, 4.69) is 16.7 Å². The standard InChI is InChI=1S/C15H19NOS/c17-15(10-12-4-1-2-7-16-12)11-8-13-5-3-6-14(9-11)18-13/h1-2,4,7,11,13-14H,3,5-6,8-10H2. The highest BCUT2D eigenvalue weighted by atomic mass is 32.2.